The van der Waals surface area contributed by atoms with E-state index in [9.17, 15) is 20.1 Å². The predicted molar refractivity (Wildman–Crippen MR) is 47.6 cm³/mol. The SMILES string of the molecule is CC(=O)N[C@@H]1[C@H](O)[C@@H](O)[C@@H](CO)O[C@H]1O. The van der Waals surface area contributed by atoms with Crippen molar-refractivity contribution in [2.75, 3.05) is 6.61 Å². The van der Waals surface area contributed by atoms with Crippen LogP contribution in [-0.2, 0) is 9.53 Å². The summed E-state index contributed by atoms with van der Waals surface area (Å²) in [5, 5.41) is 39.4. The minimum absolute atomic E-state index is 0.462. The van der Waals surface area contributed by atoms with E-state index >= 15 is 0 Å². The first-order valence-corrected chi connectivity index (χ1v) is 4.55. The number of nitrogens with one attached hydrogen (secondary N) is 1. The summed E-state index contributed by atoms with van der Waals surface area (Å²) in [6.07, 6.45) is -5.24. The number of amides is 1. The molecule has 0 unspecified atom stereocenters. The Hall–Kier alpha value is -0.730. The van der Waals surface area contributed by atoms with Gasteiger partial charge >= 0.3 is 0 Å². The van der Waals surface area contributed by atoms with Crippen molar-refractivity contribution in [3.63, 3.8) is 0 Å². The first kappa shape index (κ1) is 12.3. The normalized spacial score (nSPS) is 41.3. The summed E-state index contributed by atoms with van der Waals surface area (Å²) < 4.78 is 4.81. The van der Waals surface area contributed by atoms with E-state index in [1.54, 1.807) is 0 Å². The number of aliphatic hydroxyl groups is 4. The third-order valence-electron chi connectivity index (χ3n) is 2.27. The number of aliphatic hydroxyl groups excluding tert-OH is 4. The molecule has 0 aliphatic carbocycles. The molecule has 0 aromatic rings. The molecule has 15 heavy (non-hydrogen) atoms. The summed E-state index contributed by atoms with van der Waals surface area (Å²) in [6, 6.07) is -1.10. The van der Waals surface area contributed by atoms with Gasteiger partial charge < -0.3 is 30.5 Å². The summed E-state index contributed by atoms with van der Waals surface area (Å²) in [4.78, 5) is 10.7. The highest BCUT2D eigenvalue weighted by Gasteiger charge is 2.43. The van der Waals surface area contributed by atoms with Crippen molar-refractivity contribution in [3.8, 4) is 0 Å². The maximum absolute atomic E-state index is 10.7. The zero-order valence-corrected chi connectivity index (χ0v) is 8.20. The van der Waals surface area contributed by atoms with Crippen LogP contribution in [0.2, 0.25) is 0 Å². The molecule has 1 aliphatic rings. The second-order valence-corrected chi connectivity index (χ2v) is 3.46. The van der Waals surface area contributed by atoms with Crippen LogP contribution >= 0.6 is 0 Å². The van der Waals surface area contributed by atoms with Crippen molar-refractivity contribution >= 4 is 5.91 Å². The van der Waals surface area contributed by atoms with E-state index in [0.29, 0.717) is 0 Å². The van der Waals surface area contributed by atoms with Crippen LogP contribution in [0.3, 0.4) is 0 Å². The molecule has 0 spiro atoms. The van der Waals surface area contributed by atoms with Gasteiger partial charge in [0.05, 0.1) is 6.61 Å². The molecule has 1 fully saturated rings. The topological polar surface area (TPSA) is 119 Å². The standard InChI is InChI=1S/C8H15NO6/c1-3(11)9-5-7(13)6(12)4(2-10)15-8(5)14/h4-8,10,12-14H,2H2,1H3,(H,9,11)/t4-,5-,6+,7+,8-/m1/s1. The Morgan fingerprint density at radius 2 is 1.93 bits per heavy atom. The van der Waals surface area contributed by atoms with Gasteiger partial charge in [0.25, 0.3) is 0 Å². The van der Waals surface area contributed by atoms with Crippen LogP contribution < -0.4 is 5.32 Å². The summed E-state index contributed by atoms with van der Waals surface area (Å²) in [7, 11) is 0. The first-order chi connectivity index (χ1) is 6.97. The second-order valence-electron chi connectivity index (χ2n) is 3.46. The Bertz CT molecular complexity index is 235. The molecule has 7 heteroatoms. The van der Waals surface area contributed by atoms with E-state index < -0.39 is 43.2 Å². The van der Waals surface area contributed by atoms with Crippen LogP contribution in [0, 0.1) is 0 Å². The average Bonchev–Trinajstić information content (AvgIpc) is 2.18. The summed E-state index contributed by atoms with van der Waals surface area (Å²) >= 11 is 0. The molecule has 1 saturated heterocycles. The maximum Gasteiger partial charge on any atom is 0.217 e. The van der Waals surface area contributed by atoms with Gasteiger partial charge in [0, 0.05) is 6.92 Å². The minimum Gasteiger partial charge on any atom is -0.394 e. The zero-order chi connectivity index (χ0) is 11.6. The van der Waals surface area contributed by atoms with Gasteiger partial charge in [-0.1, -0.05) is 0 Å². The highest BCUT2D eigenvalue weighted by atomic mass is 16.6. The van der Waals surface area contributed by atoms with Gasteiger partial charge in [0.2, 0.25) is 5.91 Å². The van der Waals surface area contributed by atoms with Crippen molar-refractivity contribution in [1.82, 2.24) is 5.32 Å². The molecule has 1 aliphatic heterocycles. The Labute approximate surface area is 86.3 Å². The second kappa shape index (κ2) is 4.86. The third-order valence-corrected chi connectivity index (χ3v) is 2.27. The van der Waals surface area contributed by atoms with E-state index in [1.807, 2.05) is 0 Å². The Morgan fingerprint density at radius 1 is 1.33 bits per heavy atom. The van der Waals surface area contributed by atoms with Gasteiger partial charge in [-0.15, -0.1) is 0 Å². The molecule has 0 saturated carbocycles. The van der Waals surface area contributed by atoms with E-state index in [1.165, 1.54) is 6.92 Å². The average molecular weight is 221 g/mol. The summed E-state index contributed by atoms with van der Waals surface area (Å²) in [5.41, 5.74) is 0. The molecule has 88 valence electrons. The number of carbonyl (C=O) groups excluding carboxylic acids is 1. The molecule has 0 aromatic heterocycles. The van der Waals surface area contributed by atoms with Gasteiger partial charge in [0.1, 0.15) is 24.4 Å². The summed E-state index contributed by atoms with van der Waals surface area (Å²) in [6.45, 7) is 0.687. The molecule has 7 nitrogen and oxygen atoms in total. The lowest BCUT2D eigenvalue weighted by Crippen LogP contribution is -2.63. The van der Waals surface area contributed by atoms with Gasteiger partial charge in [-0.3, -0.25) is 4.79 Å². The smallest absolute Gasteiger partial charge is 0.217 e. The van der Waals surface area contributed by atoms with Gasteiger partial charge in [-0.05, 0) is 0 Å². The number of carbonyl (C=O) groups is 1. The molecule has 0 bridgehead atoms. The Balaban J connectivity index is 2.70. The van der Waals surface area contributed by atoms with E-state index in [2.05, 4.69) is 5.32 Å². The first-order valence-electron chi connectivity index (χ1n) is 4.55. The van der Waals surface area contributed by atoms with Gasteiger partial charge in [-0.2, -0.15) is 0 Å². The maximum atomic E-state index is 10.7. The van der Waals surface area contributed by atoms with E-state index in [4.69, 9.17) is 9.84 Å². The lowest BCUT2D eigenvalue weighted by atomic mass is 9.97. The Kier molecular flexibility index (Phi) is 4.00. The molecular weight excluding hydrogens is 206 g/mol. The van der Waals surface area contributed by atoms with Gasteiger partial charge in [-0.25, -0.2) is 0 Å². The van der Waals surface area contributed by atoms with Crippen molar-refractivity contribution in [3.05, 3.63) is 0 Å². The lowest BCUT2D eigenvalue weighted by Gasteiger charge is -2.40. The lowest BCUT2D eigenvalue weighted by molar-refractivity contribution is -0.253. The quantitative estimate of drug-likeness (QED) is 0.337. The molecule has 1 heterocycles. The van der Waals surface area contributed by atoms with E-state index in [-0.39, 0.29) is 0 Å². The van der Waals surface area contributed by atoms with Crippen molar-refractivity contribution in [1.29, 1.82) is 0 Å². The highest BCUT2D eigenvalue weighted by Crippen LogP contribution is 2.19. The minimum atomic E-state index is -1.45. The van der Waals surface area contributed by atoms with Crippen LogP contribution in [0.4, 0.5) is 0 Å². The number of ether oxygens (including phenoxy) is 1. The van der Waals surface area contributed by atoms with Crippen LogP contribution in [0.1, 0.15) is 6.92 Å². The molecule has 5 N–H and O–H groups in total. The van der Waals surface area contributed by atoms with E-state index in [0.717, 1.165) is 0 Å². The fourth-order valence-corrected chi connectivity index (χ4v) is 1.49. The van der Waals surface area contributed by atoms with Crippen LogP contribution in [0.15, 0.2) is 0 Å². The summed E-state index contributed by atoms with van der Waals surface area (Å²) in [5.74, 6) is -0.462. The molecule has 1 rings (SSSR count). The number of hydrogen-bond acceptors (Lipinski definition) is 6. The molecule has 1 amide bonds. The molecule has 0 radical (unpaired) electrons. The molecule has 0 aromatic carbocycles. The Morgan fingerprint density at radius 3 is 2.40 bits per heavy atom. The van der Waals surface area contributed by atoms with Crippen molar-refractivity contribution < 1.29 is 30.0 Å². The largest absolute Gasteiger partial charge is 0.394 e. The third kappa shape index (κ3) is 2.64. The highest BCUT2D eigenvalue weighted by molar-refractivity contribution is 5.73. The molecule has 5 atom stereocenters. The monoisotopic (exact) mass is 221 g/mol. The fourth-order valence-electron chi connectivity index (χ4n) is 1.49. The van der Waals surface area contributed by atoms with Crippen molar-refractivity contribution in [2.24, 2.45) is 0 Å². The number of rotatable bonds is 2. The van der Waals surface area contributed by atoms with Crippen molar-refractivity contribution in [2.45, 2.75) is 37.6 Å². The predicted octanol–water partition coefficient (Wildman–Crippen LogP) is -3.08. The number of hydrogen-bond donors (Lipinski definition) is 5. The van der Waals surface area contributed by atoms with Gasteiger partial charge in [0.15, 0.2) is 6.29 Å². The van der Waals surface area contributed by atoms with Crippen LogP contribution in [0.25, 0.3) is 0 Å². The van der Waals surface area contributed by atoms with Crippen LogP contribution in [0.5, 0.6) is 0 Å². The van der Waals surface area contributed by atoms with Crippen LogP contribution in [-0.4, -0.2) is 63.6 Å². The zero-order valence-electron chi connectivity index (χ0n) is 8.20. The molecular formula is C8H15NO6. The fraction of sp³-hybridized carbons (Fsp3) is 0.875.